The summed E-state index contributed by atoms with van der Waals surface area (Å²) in [5, 5.41) is 11.6. The van der Waals surface area contributed by atoms with Crippen molar-refractivity contribution in [1.29, 1.82) is 0 Å². The fourth-order valence-electron chi connectivity index (χ4n) is 2.13. The molecule has 2 rings (SSSR count). The Morgan fingerprint density at radius 3 is 2.67 bits per heavy atom. The minimum absolute atomic E-state index is 0.0311. The zero-order valence-corrected chi connectivity index (χ0v) is 10.9. The molecule has 0 fully saturated rings. The van der Waals surface area contributed by atoms with Crippen molar-refractivity contribution in [3.05, 3.63) is 42.0 Å². The van der Waals surface area contributed by atoms with Crippen LogP contribution in [-0.4, -0.2) is 30.0 Å². The highest BCUT2D eigenvalue weighted by Gasteiger charge is 2.33. The van der Waals surface area contributed by atoms with Crippen LogP contribution in [-0.2, 0) is 0 Å². The maximum Gasteiger partial charge on any atom is 0.573 e. The molecule has 0 heterocycles. The van der Waals surface area contributed by atoms with Gasteiger partial charge < -0.3 is 15.2 Å². The van der Waals surface area contributed by atoms with Crippen molar-refractivity contribution in [3.63, 3.8) is 0 Å². The SMILES string of the molecule is O=C(N[C@@H]1C=C[C@H](CO)C1)c1ccccc1OC(F)(F)F. The number of carbonyl (C=O) groups excluding carboxylic acids is 1. The lowest BCUT2D eigenvalue weighted by Crippen LogP contribution is -2.33. The Kier molecular flexibility index (Phi) is 4.52. The van der Waals surface area contributed by atoms with Crippen LogP contribution in [0.5, 0.6) is 5.75 Å². The fraction of sp³-hybridized carbons (Fsp3) is 0.357. The highest BCUT2D eigenvalue weighted by atomic mass is 19.4. The quantitative estimate of drug-likeness (QED) is 0.839. The van der Waals surface area contributed by atoms with Crippen molar-refractivity contribution in [2.24, 2.45) is 5.92 Å². The van der Waals surface area contributed by atoms with Gasteiger partial charge in [-0.15, -0.1) is 13.2 Å². The zero-order valence-electron chi connectivity index (χ0n) is 10.9. The molecule has 7 heteroatoms. The number of aliphatic hydroxyl groups excluding tert-OH is 1. The van der Waals surface area contributed by atoms with Gasteiger partial charge in [0.1, 0.15) is 5.75 Å². The summed E-state index contributed by atoms with van der Waals surface area (Å²) in [6.07, 6.45) is -0.856. The number of nitrogens with one attached hydrogen (secondary N) is 1. The summed E-state index contributed by atoms with van der Waals surface area (Å²) in [7, 11) is 0. The topological polar surface area (TPSA) is 58.6 Å². The maximum atomic E-state index is 12.3. The second-order valence-electron chi connectivity index (χ2n) is 4.69. The normalized spacial score (nSPS) is 21.3. The molecule has 0 spiro atoms. The molecule has 0 saturated carbocycles. The molecule has 4 nitrogen and oxygen atoms in total. The molecule has 0 bridgehead atoms. The molecule has 21 heavy (non-hydrogen) atoms. The predicted octanol–water partition coefficient (Wildman–Crippen LogP) is 2.25. The van der Waals surface area contributed by atoms with E-state index in [0.717, 1.165) is 6.07 Å². The standard InChI is InChI=1S/C14H14F3NO3/c15-14(16,17)21-12-4-2-1-3-11(12)13(20)18-10-6-5-9(7-10)8-19/h1-6,9-10,19H,7-8H2,(H,18,20)/t9-,10+/m0/s1. The molecule has 0 saturated heterocycles. The number of hydrogen-bond acceptors (Lipinski definition) is 3. The second kappa shape index (κ2) is 6.17. The Morgan fingerprint density at radius 1 is 1.33 bits per heavy atom. The minimum Gasteiger partial charge on any atom is -0.405 e. The molecule has 0 radical (unpaired) electrons. The summed E-state index contributed by atoms with van der Waals surface area (Å²) in [6.45, 7) is -0.0311. The van der Waals surface area contributed by atoms with Crippen LogP contribution in [0.4, 0.5) is 13.2 Å². The number of rotatable bonds is 4. The van der Waals surface area contributed by atoms with Gasteiger partial charge in [-0.2, -0.15) is 0 Å². The molecule has 1 aromatic carbocycles. The van der Waals surface area contributed by atoms with Gasteiger partial charge in [0, 0.05) is 18.6 Å². The van der Waals surface area contributed by atoms with Crippen LogP contribution >= 0.6 is 0 Å². The number of carbonyl (C=O) groups is 1. The number of aliphatic hydroxyl groups is 1. The van der Waals surface area contributed by atoms with Crippen LogP contribution in [0.2, 0.25) is 0 Å². The Bertz CT molecular complexity index is 543. The van der Waals surface area contributed by atoms with Gasteiger partial charge in [0.05, 0.1) is 5.56 Å². The number of alkyl halides is 3. The van der Waals surface area contributed by atoms with Crippen LogP contribution in [0.15, 0.2) is 36.4 Å². The van der Waals surface area contributed by atoms with Gasteiger partial charge in [-0.25, -0.2) is 0 Å². The zero-order chi connectivity index (χ0) is 15.5. The number of amides is 1. The number of ether oxygens (including phenoxy) is 1. The highest BCUT2D eigenvalue weighted by Crippen LogP contribution is 2.26. The van der Waals surface area contributed by atoms with Crippen molar-refractivity contribution in [2.45, 2.75) is 18.8 Å². The largest absolute Gasteiger partial charge is 0.573 e. The number of para-hydroxylation sites is 1. The molecular weight excluding hydrogens is 287 g/mol. The molecule has 114 valence electrons. The van der Waals surface area contributed by atoms with Crippen molar-refractivity contribution in [1.82, 2.24) is 5.32 Å². The van der Waals surface area contributed by atoms with E-state index in [1.54, 1.807) is 12.2 Å². The molecule has 1 aliphatic rings. The average Bonchev–Trinajstić information content (AvgIpc) is 2.85. The molecular formula is C14H14F3NO3. The van der Waals surface area contributed by atoms with E-state index in [0.29, 0.717) is 6.42 Å². The molecule has 0 unspecified atom stereocenters. The van der Waals surface area contributed by atoms with E-state index in [2.05, 4.69) is 10.1 Å². The first-order valence-electron chi connectivity index (χ1n) is 6.34. The maximum absolute atomic E-state index is 12.3. The lowest BCUT2D eigenvalue weighted by Gasteiger charge is -2.16. The van der Waals surface area contributed by atoms with E-state index < -0.39 is 18.0 Å². The molecule has 0 aliphatic heterocycles. The third-order valence-corrected chi connectivity index (χ3v) is 3.08. The van der Waals surface area contributed by atoms with Gasteiger partial charge in [-0.1, -0.05) is 24.3 Å². The van der Waals surface area contributed by atoms with E-state index in [4.69, 9.17) is 5.11 Å². The molecule has 2 N–H and O–H groups in total. The van der Waals surface area contributed by atoms with Gasteiger partial charge in [0.15, 0.2) is 0 Å². The lowest BCUT2D eigenvalue weighted by molar-refractivity contribution is -0.274. The summed E-state index contributed by atoms with van der Waals surface area (Å²) >= 11 is 0. The number of halogens is 3. The van der Waals surface area contributed by atoms with Gasteiger partial charge in [-0.05, 0) is 18.6 Å². The van der Waals surface area contributed by atoms with Crippen molar-refractivity contribution >= 4 is 5.91 Å². The fourth-order valence-corrected chi connectivity index (χ4v) is 2.13. The monoisotopic (exact) mass is 301 g/mol. The molecule has 1 aromatic rings. The van der Waals surface area contributed by atoms with E-state index >= 15 is 0 Å². The first-order chi connectivity index (χ1) is 9.89. The van der Waals surface area contributed by atoms with E-state index in [1.165, 1.54) is 18.2 Å². The molecule has 1 aliphatic carbocycles. The second-order valence-corrected chi connectivity index (χ2v) is 4.69. The van der Waals surface area contributed by atoms with Crippen molar-refractivity contribution in [2.75, 3.05) is 6.61 Å². The summed E-state index contributed by atoms with van der Waals surface area (Å²) in [6, 6.07) is 4.85. The number of hydrogen-bond donors (Lipinski definition) is 2. The van der Waals surface area contributed by atoms with E-state index in [1.807, 2.05) is 0 Å². The summed E-state index contributed by atoms with van der Waals surface area (Å²) < 4.78 is 40.7. The van der Waals surface area contributed by atoms with Crippen molar-refractivity contribution in [3.8, 4) is 5.75 Å². The summed E-state index contributed by atoms with van der Waals surface area (Å²) in [4.78, 5) is 12.0. The van der Waals surface area contributed by atoms with E-state index in [9.17, 15) is 18.0 Å². The molecule has 1 amide bonds. The third kappa shape index (κ3) is 4.22. The third-order valence-electron chi connectivity index (χ3n) is 3.08. The van der Waals surface area contributed by atoms with Gasteiger partial charge in [-0.3, -0.25) is 4.79 Å². The lowest BCUT2D eigenvalue weighted by atomic mass is 10.1. The summed E-state index contributed by atoms with van der Waals surface area (Å²) in [5.41, 5.74) is -0.185. The van der Waals surface area contributed by atoms with Crippen LogP contribution in [0.1, 0.15) is 16.8 Å². The summed E-state index contributed by atoms with van der Waals surface area (Å²) in [5.74, 6) is -1.23. The Balaban J connectivity index is 2.08. The first-order valence-corrected chi connectivity index (χ1v) is 6.34. The van der Waals surface area contributed by atoms with Crippen LogP contribution in [0, 0.1) is 5.92 Å². The van der Waals surface area contributed by atoms with Gasteiger partial charge in [0.2, 0.25) is 0 Å². The predicted molar refractivity (Wildman–Crippen MR) is 68.7 cm³/mol. The Labute approximate surface area is 119 Å². The van der Waals surface area contributed by atoms with Crippen LogP contribution in [0.3, 0.4) is 0 Å². The smallest absolute Gasteiger partial charge is 0.405 e. The molecule has 0 aromatic heterocycles. The average molecular weight is 301 g/mol. The van der Waals surface area contributed by atoms with E-state index in [-0.39, 0.29) is 24.1 Å². The Hall–Kier alpha value is -2.02. The van der Waals surface area contributed by atoms with Gasteiger partial charge >= 0.3 is 6.36 Å². The van der Waals surface area contributed by atoms with Crippen LogP contribution in [0.25, 0.3) is 0 Å². The highest BCUT2D eigenvalue weighted by molar-refractivity contribution is 5.97. The first kappa shape index (κ1) is 15.4. The van der Waals surface area contributed by atoms with Crippen molar-refractivity contribution < 1.29 is 27.8 Å². The molecule has 2 atom stereocenters. The van der Waals surface area contributed by atoms with Crippen LogP contribution < -0.4 is 10.1 Å². The Morgan fingerprint density at radius 2 is 2.05 bits per heavy atom. The van der Waals surface area contributed by atoms with Gasteiger partial charge in [0.25, 0.3) is 5.91 Å². The minimum atomic E-state index is -4.86. The number of benzene rings is 1.